The smallest absolute Gasteiger partial charge is 0.410 e. The van der Waals surface area contributed by atoms with E-state index < -0.39 is 37.7 Å². The van der Waals surface area contributed by atoms with Gasteiger partial charge in [0.2, 0.25) is 13.6 Å². The summed E-state index contributed by atoms with van der Waals surface area (Å²) in [5, 5.41) is 5.18. The Labute approximate surface area is 170 Å². The van der Waals surface area contributed by atoms with Crippen LogP contribution in [-0.4, -0.2) is 50.8 Å². The fourth-order valence-electron chi connectivity index (χ4n) is 2.35. The van der Waals surface area contributed by atoms with Crippen molar-refractivity contribution in [3.8, 4) is 0 Å². The Morgan fingerprint density at radius 2 is 1.38 bits per heavy atom. The summed E-state index contributed by atoms with van der Waals surface area (Å²) in [5.74, 6) is -1.11. The zero-order valence-corrected chi connectivity index (χ0v) is 17.2. The van der Waals surface area contributed by atoms with E-state index in [-0.39, 0.29) is 11.3 Å². The lowest BCUT2D eigenvalue weighted by molar-refractivity contribution is -0.146. The van der Waals surface area contributed by atoms with Gasteiger partial charge in [-0.05, 0) is 24.2 Å². The van der Waals surface area contributed by atoms with Gasteiger partial charge >= 0.3 is 24.1 Å². The number of carbonyl (C=O) groups is 4. The van der Waals surface area contributed by atoms with Crippen molar-refractivity contribution >= 4 is 24.1 Å². The van der Waals surface area contributed by atoms with Gasteiger partial charge < -0.3 is 29.6 Å². The molecule has 0 saturated carbocycles. The van der Waals surface area contributed by atoms with Gasteiger partial charge in [0.25, 0.3) is 0 Å². The maximum atomic E-state index is 11.6. The van der Waals surface area contributed by atoms with E-state index in [1.165, 1.54) is 0 Å². The maximum absolute atomic E-state index is 11.6. The molecule has 0 aromatic rings. The van der Waals surface area contributed by atoms with E-state index in [2.05, 4.69) is 38.0 Å². The largest absolute Gasteiger partial charge is 0.425 e. The molecular weight excluding hydrogens is 384 g/mol. The van der Waals surface area contributed by atoms with E-state index in [1.54, 1.807) is 0 Å². The average molecular weight is 414 g/mol. The predicted molar refractivity (Wildman–Crippen MR) is 103 cm³/mol. The lowest BCUT2D eigenvalue weighted by Crippen LogP contribution is -2.36. The number of rotatable bonds is 13. The minimum Gasteiger partial charge on any atom is -0.425 e. The predicted octanol–water partition coefficient (Wildman–Crippen LogP) is 2.25. The Morgan fingerprint density at radius 3 is 1.86 bits per heavy atom. The zero-order chi connectivity index (χ0) is 22.3. The molecule has 0 aromatic carbocycles. The number of nitrogens with one attached hydrogen (secondary N) is 2. The lowest BCUT2D eigenvalue weighted by Gasteiger charge is -2.28. The van der Waals surface area contributed by atoms with E-state index in [1.807, 2.05) is 20.8 Å². The van der Waals surface area contributed by atoms with E-state index in [4.69, 9.17) is 4.74 Å². The number of ether oxygens (including phenoxy) is 4. The summed E-state index contributed by atoms with van der Waals surface area (Å²) in [6, 6.07) is 0. The van der Waals surface area contributed by atoms with Gasteiger partial charge in [0.15, 0.2) is 0 Å². The number of amides is 2. The first-order valence-electron chi connectivity index (χ1n) is 8.99. The number of esters is 2. The van der Waals surface area contributed by atoms with Crippen LogP contribution in [0.5, 0.6) is 0 Å². The molecule has 0 aromatic heterocycles. The van der Waals surface area contributed by atoms with Crippen LogP contribution in [-0.2, 0) is 28.5 Å². The molecule has 29 heavy (non-hydrogen) atoms. The lowest BCUT2D eigenvalue weighted by atomic mass is 9.82. The third kappa shape index (κ3) is 14.7. The molecule has 1 unspecified atom stereocenters. The first kappa shape index (κ1) is 26.0. The minimum absolute atomic E-state index is 0.227. The van der Waals surface area contributed by atoms with Crippen molar-refractivity contribution in [3.05, 3.63) is 25.3 Å². The molecule has 0 aliphatic heterocycles. The summed E-state index contributed by atoms with van der Waals surface area (Å²) in [6.07, 6.45) is 2.02. The van der Waals surface area contributed by atoms with Crippen LogP contribution in [0, 0.1) is 11.3 Å². The van der Waals surface area contributed by atoms with Crippen LogP contribution >= 0.6 is 0 Å². The van der Waals surface area contributed by atoms with Crippen LogP contribution in [0.3, 0.4) is 0 Å². The van der Waals surface area contributed by atoms with Crippen LogP contribution in [0.1, 0.15) is 33.6 Å². The SMILES string of the molecule is C=CC(=O)OCOC(=O)NCCC(C)CC(C)(C)CNC(=O)OCOC(=O)C=C. The highest BCUT2D eigenvalue weighted by atomic mass is 16.7. The van der Waals surface area contributed by atoms with Gasteiger partial charge in [0, 0.05) is 25.2 Å². The molecule has 0 heterocycles. The third-order valence-electron chi connectivity index (χ3n) is 3.63. The van der Waals surface area contributed by atoms with Gasteiger partial charge in [-0.25, -0.2) is 19.2 Å². The molecule has 0 aliphatic rings. The number of carbonyl (C=O) groups excluding carboxylic acids is 4. The summed E-state index contributed by atoms with van der Waals surface area (Å²) in [5.41, 5.74) is -0.227. The van der Waals surface area contributed by atoms with Gasteiger partial charge in [0.05, 0.1) is 0 Å². The van der Waals surface area contributed by atoms with Crippen LogP contribution in [0.15, 0.2) is 25.3 Å². The molecule has 0 saturated heterocycles. The first-order chi connectivity index (χ1) is 13.6. The Morgan fingerprint density at radius 1 is 0.897 bits per heavy atom. The van der Waals surface area contributed by atoms with Crippen molar-refractivity contribution in [3.63, 3.8) is 0 Å². The molecular formula is C19H30N2O8. The molecule has 164 valence electrons. The highest BCUT2D eigenvalue weighted by molar-refractivity contribution is 5.81. The van der Waals surface area contributed by atoms with Crippen molar-refractivity contribution in [1.29, 1.82) is 0 Å². The van der Waals surface area contributed by atoms with E-state index in [0.717, 1.165) is 18.6 Å². The topological polar surface area (TPSA) is 129 Å². The van der Waals surface area contributed by atoms with Crippen LogP contribution in [0.25, 0.3) is 0 Å². The summed E-state index contributed by atoms with van der Waals surface area (Å²) < 4.78 is 18.5. The van der Waals surface area contributed by atoms with Crippen molar-refractivity contribution in [1.82, 2.24) is 10.6 Å². The van der Waals surface area contributed by atoms with Gasteiger partial charge in [-0.15, -0.1) is 0 Å². The fourth-order valence-corrected chi connectivity index (χ4v) is 2.35. The molecule has 0 radical (unpaired) electrons. The monoisotopic (exact) mass is 414 g/mol. The van der Waals surface area contributed by atoms with Crippen LogP contribution in [0.2, 0.25) is 0 Å². The van der Waals surface area contributed by atoms with Gasteiger partial charge in [0.1, 0.15) is 0 Å². The maximum Gasteiger partial charge on any atom is 0.410 e. The van der Waals surface area contributed by atoms with Gasteiger partial charge in [-0.3, -0.25) is 0 Å². The van der Waals surface area contributed by atoms with Crippen molar-refractivity contribution < 1.29 is 38.1 Å². The molecule has 0 bridgehead atoms. The van der Waals surface area contributed by atoms with Crippen molar-refractivity contribution in [2.75, 3.05) is 26.7 Å². The molecule has 2 amide bonds. The highest BCUT2D eigenvalue weighted by Crippen LogP contribution is 2.26. The highest BCUT2D eigenvalue weighted by Gasteiger charge is 2.22. The van der Waals surface area contributed by atoms with E-state index >= 15 is 0 Å². The van der Waals surface area contributed by atoms with E-state index in [9.17, 15) is 19.2 Å². The Kier molecular flexibility index (Phi) is 12.6. The number of alkyl carbamates (subject to hydrolysis) is 2. The summed E-state index contributed by atoms with van der Waals surface area (Å²) >= 11 is 0. The van der Waals surface area contributed by atoms with Crippen LogP contribution < -0.4 is 10.6 Å². The Hall–Kier alpha value is -3.04. The average Bonchev–Trinajstić information content (AvgIpc) is 2.65. The third-order valence-corrected chi connectivity index (χ3v) is 3.63. The van der Waals surface area contributed by atoms with Crippen molar-refractivity contribution in [2.45, 2.75) is 33.6 Å². The minimum atomic E-state index is -0.691. The van der Waals surface area contributed by atoms with Crippen LogP contribution in [0.4, 0.5) is 9.59 Å². The molecule has 0 fully saturated rings. The van der Waals surface area contributed by atoms with Gasteiger partial charge in [-0.1, -0.05) is 33.9 Å². The number of hydrogen-bond acceptors (Lipinski definition) is 8. The fraction of sp³-hybridized carbons (Fsp3) is 0.579. The Balaban J connectivity index is 3.98. The molecule has 10 nitrogen and oxygen atoms in total. The molecule has 0 rings (SSSR count). The second-order valence-electron chi connectivity index (χ2n) is 6.98. The quantitative estimate of drug-likeness (QED) is 0.267. The molecule has 2 N–H and O–H groups in total. The Bertz CT molecular complexity index is 589. The van der Waals surface area contributed by atoms with Crippen molar-refractivity contribution in [2.24, 2.45) is 11.3 Å². The second kappa shape index (κ2) is 14.0. The molecule has 0 aliphatic carbocycles. The summed E-state index contributed by atoms with van der Waals surface area (Å²) in [7, 11) is 0. The molecule has 0 spiro atoms. The normalized spacial score (nSPS) is 11.4. The number of hydrogen-bond donors (Lipinski definition) is 2. The standard InChI is InChI=1S/C19H30N2O8/c1-6-15(22)26-12-28-17(24)20-9-8-14(3)10-19(4,5)11-21-18(25)29-13-27-16(23)7-2/h6-7,14H,1-2,8-13H2,3-5H3,(H,20,24)(H,21,25). The first-order valence-corrected chi connectivity index (χ1v) is 8.99. The second-order valence-corrected chi connectivity index (χ2v) is 6.98. The summed E-state index contributed by atoms with van der Waals surface area (Å²) in [6.45, 7) is 12.2. The van der Waals surface area contributed by atoms with E-state index in [0.29, 0.717) is 19.5 Å². The molecule has 1 atom stereocenters. The molecule has 10 heteroatoms. The van der Waals surface area contributed by atoms with Gasteiger partial charge in [-0.2, -0.15) is 0 Å². The summed E-state index contributed by atoms with van der Waals surface area (Å²) in [4.78, 5) is 44.7. The zero-order valence-electron chi connectivity index (χ0n) is 17.2.